The van der Waals surface area contributed by atoms with Crippen LogP contribution in [0.25, 0.3) is 0 Å². The number of carbonyl (C=O) groups is 2. The molecule has 2 amide bonds. The molecule has 4 aliphatic rings. The fourth-order valence-corrected chi connectivity index (χ4v) is 4.97. The van der Waals surface area contributed by atoms with Crippen LogP contribution < -0.4 is 4.90 Å². The summed E-state index contributed by atoms with van der Waals surface area (Å²) in [4.78, 5) is 31.0. The number of pyridine rings is 1. The van der Waals surface area contributed by atoms with Crippen LogP contribution in [0.1, 0.15) is 12.8 Å². The quantitative estimate of drug-likeness (QED) is 0.591. The Labute approximate surface area is 126 Å². The Morgan fingerprint density at radius 3 is 2.29 bits per heavy atom. The molecule has 0 aromatic carbocycles. The molecule has 1 saturated heterocycles. The van der Waals surface area contributed by atoms with E-state index in [-0.39, 0.29) is 40.9 Å². The highest BCUT2D eigenvalue weighted by Gasteiger charge is 2.73. The number of hydrogen-bond acceptors (Lipinski definition) is 3. The number of allylic oxidation sites excluding steroid dienone is 2. The standard InChI is InChI=1S/C16H13ClN2O2/c17-8-3-6-18-11(7-8)19-14(20)12-9-1-2-10(13(12)15(19)21)16(9)4-5-16/h1-3,6-7,9-10,12-13H,4-5H2/t9-,10-,12-,13+/m1/s1. The number of hydrogen-bond donors (Lipinski definition) is 0. The molecule has 1 aromatic rings. The first-order valence-corrected chi connectivity index (χ1v) is 7.69. The van der Waals surface area contributed by atoms with Gasteiger partial charge in [0.15, 0.2) is 0 Å². The van der Waals surface area contributed by atoms with Crippen LogP contribution in [0.5, 0.6) is 0 Å². The smallest absolute Gasteiger partial charge is 0.239 e. The minimum Gasteiger partial charge on any atom is -0.274 e. The second kappa shape index (κ2) is 3.55. The lowest BCUT2D eigenvalue weighted by Crippen LogP contribution is -2.35. The first-order chi connectivity index (χ1) is 10.1. The van der Waals surface area contributed by atoms with Crippen molar-refractivity contribution in [3.8, 4) is 0 Å². The summed E-state index contributed by atoms with van der Waals surface area (Å²) in [5.74, 6) is 0.287. The summed E-state index contributed by atoms with van der Waals surface area (Å²) in [7, 11) is 0. The minimum absolute atomic E-state index is 0.0945. The fraction of sp³-hybridized carbons (Fsp3) is 0.438. The Bertz CT molecular complexity index is 691. The number of halogens is 1. The van der Waals surface area contributed by atoms with Gasteiger partial charge in [-0.3, -0.25) is 9.59 Å². The monoisotopic (exact) mass is 300 g/mol. The van der Waals surface area contributed by atoms with Gasteiger partial charge in [0.25, 0.3) is 0 Å². The molecule has 3 aliphatic carbocycles. The van der Waals surface area contributed by atoms with E-state index in [4.69, 9.17) is 11.6 Å². The molecular formula is C16H13ClN2O2. The summed E-state index contributed by atoms with van der Waals surface area (Å²) in [6.07, 6.45) is 8.16. The summed E-state index contributed by atoms with van der Waals surface area (Å²) in [6.45, 7) is 0. The number of aromatic nitrogens is 1. The van der Waals surface area contributed by atoms with Crippen molar-refractivity contribution in [2.45, 2.75) is 12.8 Å². The van der Waals surface area contributed by atoms with Crippen molar-refractivity contribution in [2.24, 2.45) is 29.1 Å². The lowest BCUT2D eigenvalue weighted by atomic mass is 9.85. The second-order valence-corrected chi connectivity index (χ2v) is 7.00. The molecule has 2 heterocycles. The number of rotatable bonds is 1. The predicted molar refractivity (Wildman–Crippen MR) is 76.5 cm³/mol. The van der Waals surface area contributed by atoms with Gasteiger partial charge in [-0.2, -0.15) is 0 Å². The van der Waals surface area contributed by atoms with Crippen molar-refractivity contribution in [1.29, 1.82) is 0 Å². The molecule has 0 N–H and O–H groups in total. The normalized spacial score (nSPS) is 37.7. The summed E-state index contributed by atoms with van der Waals surface area (Å²) >= 11 is 5.96. The van der Waals surface area contributed by atoms with Crippen molar-refractivity contribution in [3.63, 3.8) is 0 Å². The maximum Gasteiger partial charge on any atom is 0.239 e. The average Bonchev–Trinajstić information content (AvgIpc) is 3.05. The zero-order chi connectivity index (χ0) is 14.4. The Balaban J connectivity index is 1.59. The molecule has 5 rings (SSSR count). The Kier molecular flexibility index (Phi) is 2.02. The van der Waals surface area contributed by atoms with Gasteiger partial charge in [-0.05, 0) is 36.2 Å². The maximum absolute atomic E-state index is 12.8. The van der Waals surface area contributed by atoms with Crippen LogP contribution in [-0.2, 0) is 9.59 Å². The molecule has 2 bridgehead atoms. The van der Waals surface area contributed by atoms with Crippen molar-refractivity contribution in [1.82, 2.24) is 4.98 Å². The van der Waals surface area contributed by atoms with Crippen LogP contribution in [0.2, 0.25) is 5.02 Å². The van der Waals surface area contributed by atoms with E-state index < -0.39 is 0 Å². The highest BCUT2D eigenvalue weighted by atomic mass is 35.5. The Morgan fingerprint density at radius 2 is 1.76 bits per heavy atom. The molecule has 106 valence electrons. The second-order valence-electron chi connectivity index (χ2n) is 6.57. The molecule has 0 radical (unpaired) electrons. The molecule has 1 spiro atoms. The predicted octanol–water partition coefficient (Wildman–Crippen LogP) is 2.44. The topological polar surface area (TPSA) is 50.3 Å². The van der Waals surface area contributed by atoms with Gasteiger partial charge in [0.05, 0.1) is 11.8 Å². The molecule has 1 aromatic heterocycles. The molecule has 4 nitrogen and oxygen atoms in total. The molecule has 21 heavy (non-hydrogen) atoms. The zero-order valence-electron chi connectivity index (χ0n) is 11.2. The van der Waals surface area contributed by atoms with E-state index >= 15 is 0 Å². The molecule has 3 fully saturated rings. The first kappa shape index (κ1) is 11.9. The number of carbonyl (C=O) groups excluding carboxylic acids is 2. The maximum atomic E-state index is 12.8. The summed E-state index contributed by atoms with van der Waals surface area (Å²) in [6, 6.07) is 3.22. The molecule has 5 heteroatoms. The van der Waals surface area contributed by atoms with Gasteiger partial charge in [-0.15, -0.1) is 0 Å². The van der Waals surface area contributed by atoms with Crippen LogP contribution in [0, 0.1) is 29.1 Å². The van der Waals surface area contributed by atoms with E-state index in [1.807, 2.05) is 0 Å². The van der Waals surface area contributed by atoms with Gasteiger partial charge >= 0.3 is 0 Å². The Morgan fingerprint density at radius 1 is 1.14 bits per heavy atom. The number of imide groups is 1. The van der Waals surface area contributed by atoms with Crippen molar-refractivity contribution in [2.75, 3.05) is 4.90 Å². The fourth-order valence-electron chi connectivity index (χ4n) is 4.82. The third kappa shape index (κ3) is 1.26. The van der Waals surface area contributed by atoms with Crippen LogP contribution in [0.4, 0.5) is 5.82 Å². The minimum atomic E-state index is -0.184. The van der Waals surface area contributed by atoms with Crippen LogP contribution >= 0.6 is 11.6 Å². The molecular weight excluding hydrogens is 288 g/mol. The number of fused-ring (bicyclic) bond motifs is 3. The molecule has 1 aliphatic heterocycles. The van der Waals surface area contributed by atoms with E-state index in [1.54, 1.807) is 12.1 Å². The highest BCUT2D eigenvalue weighted by molar-refractivity contribution is 6.31. The first-order valence-electron chi connectivity index (χ1n) is 7.31. The van der Waals surface area contributed by atoms with Crippen LogP contribution in [0.15, 0.2) is 30.5 Å². The lowest BCUT2D eigenvalue weighted by molar-refractivity contribution is -0.123. The van der Waals surface area contributed by atoms with E-state index in [0.29, 0.717) is 10.8 Å². The van der Waals surface area contributed by atoms with Crippen LogP contribution in [-0.4, -0.2) is 16.8 Å². The van der Waals surface area contributed by atoms with E-state index in [2.05, 4.69) is 17.1 Å². The van der Waals surface area contributed by atoms with Gasteiger partial charge in [0.2, 0.25) is 11.8 Å². The van der Waals surface area contributed by atoms with Gasteiger partial charge in [-0.25, -0.2) is 9.88 Å². The SMILES string of the molecule is O=C1[C@@H]2[C@H](C(=O)N1c1cc(Cl)ccn1)[C@H]1C=C[C@H]2C12CC2. The Hall–Kier alpha value is -1.68. The van der Waals surface area contributed by atoms with Crippen molar-refractivity contribution >= 4 is 29.2 Å². The zero-order valence-corrected chi connectivity index (χ0v) is 12.0. The van der Waals surface area contributed by atoms with Gasteiger partial charge in [-0.1, -0.05) is 23.8 Å². The van der Waals surface area contributed by atoms with Crippen molar-refractivity contribution < 1.29 is 9.59 Å². The third-order valence-electron chi connectivity index (χ3n) is 5.79. The number of amides is 2. The largest absolute Gasteiger partial charge is 0.274 e. The lowest BCUT2D eigenvalue weighted by Gasteiger charge is -2.21. The summed E-state index contributed by atoms with van der Waals surface area (Å²) < 4.78 is 0. The summed E-state index contributed by atoms with van der Waals surface area (Å²) in [5.41, 5.74) is 0.231. The van der Waals surface area contributed by atoms with Crippen LogP contribution in [0.3, 0.4) is 0 Å². The number of nitrogens with zero attached hydrogens (tertiary/aromatic N) is 2. The average molecular weight is 301 g/mol. The molecule has 0 unspecified atom stereocenters. The number of anilines is 1. The van der Waals surface area contributed by atoms with E-state index in [0.717, 1.165) is 12.8 Å². The van der Waals surface area contributed by atoms with Crippen molar-refractivity contribution in [3.05, 3.63) is 35.5 Å². The highest BCUT2D eigenvalue weighted by Crippen LogP contribution is 2.73. The summed E-state index contributed by atoms with van der Waals surface area (Å²) in [5, 5.41) is 0.484. The van der Waals surface area contributed by atoms with Gasteiger partial charge < -0.3 is 0 Å². The van der Waals surface area contributed by atoms with E-state index in [1.165, 1.54) is 11.1 Å². The molecule has 2 saturated carbocycles. The third-order valence-corrected chi connectivity index (χ3v) is 6.02. The van der Waals surface area contributed by atoms with Gasteiger partial charge in [0, 0.05) is 17.3 Å². The molecule has 4 atom stereocenters. The van der Waals surface area contributed by atoms with E-state index in [9.17, 15) is 9.59 Å². The van der Waals surface area contributed by atoms with Gasteiger partial charge in [0.1, 0.15) is 5.82 Å².